The Morgan fingerprint density at radius 2 is 0.981 bits per heavy atom. The van der Waals surface area contributed by atoms with Gasteiger partial charge in [0.25, 0.3) is 0 Å². The van der Waals surface area contributed by atoms with E-state index in [9.17, 15) is 0 Å². The third kappa shape index (κ3) is 4.02. The first-order valence-electron chi connectivity index (χ1n) is 18.7. The average molecular weight is 676 g/mol. The SMILES string of the molecule is Cc1ccc(N(c2ccc3c4c(ccc3c2)-c2c(c3ccccc3c3ccccc23)C42c3ccccc3-c3ccccc32)c2cc(C)ccc2C)cc1. The van der Waals surface area contributed by atoms with Crippen molar-refractivity contribution >= 4 is 49.4 Å². The van der Waals surface area contributed by atoms with Crippen LogP contribution in [-0.4, -0.2) is 0 Å². The first-order chi connectivity index (χ1) is 26.0. The van der Waals surface area contributed by atoms with Gasteiger partial charge in [0.2, 0.25) is 0 Å². The average Bonchev–Trinajstić information content (AvgIpc) is 3.68. The van der Waals surface area contributed by atoms with E-state index in [-0.39, 0.29) is 0 Å². The van der Waals surface area contributed by atoms with E-state index in [1.54, 1.807) is 0 Å². The largest absolute Gasteiger partial charge is 0.310 e. The highest BCUT2D eigenvalue weighted by molar-refractivity contribution is 6.21. The maximum Gasteiger partial charge on any atom is 0.0737 e. The summed E-state index contributed by atoms with van der Waals surface area (Å²) in [4.78, 5) is 2.43. The molecule has 11 rings (SSSR count). The quantitative estimate of drug-likeness (QED) is 0.169. The van der Waals surface area contributed by atoms with E-state index in [0.29, 0.717) is 0 Å². The molecule has 0 fully saturated rings. The standard InChI is InChI=1S/C52H37N/c1-32-21-25-36(26-22-32)53(48-30-33(2)20-23-34(48)3)37-27-29-38-35(31-37)24-28-45-49-43-16-6-4-12-39(43)40-13-5-7-17-44(40)51(49)52(50(38)45)46-18-10-8-14-41(46)42-15-9-11-19-47(42)52/h4-31H,1-3H3. The fourth-order valence-corrected chi connectivity index (χ4v) is 9.86. The van der Waals surface area contributed by atoms with Gasteiger partial charge in [-0.25, -0.2) is 0 Å². The van der Waals surface area contributed by atoms with Crippen LogP contribution in [0.5, 0.6) is 0 Å². The molecule has 0 amide bonds. The molecule has 9 aromatic carbocycles. The second kappa shape index (κ2) is 11.0. The van der Waals surface area contributed by atoms with Crippen LogP contribution in [0.4, 0.5) is 17.1 Å². The number of rotatable bonds is 3. The Hall–Kier alpha value is -6.44. The van der Waals surface area contributed by atoms with Crippen LogP contribution in [-0.2, 0) is 5.41 Å². The van der Waals surface area contributed by atoms with Crippen molar-refractivity contribution in [2.75, 3.05) is 4.90 Å². The van der Waals surface area contributed by atoms with Gasteiger partial charge >= 0.3 is 0 Å². The van der Waals surface area contributed by atoms with Crippen molar-refractivity contribution in [2.45, 2.75) is 26.2 Å². The number of benzene rings is 9. The fraction of sp³-hybridized carbons (Fsp3) is 0.0769. The van der Waals surface area contributed by atoms with Gasteiger partial charge in [-0.15, -0.1) is 0 Å². The summed E-state index contributed by atoms with van der Waals surface area (Å²) in [5.41, 5.74) is 17.7. The summed E-state index contributed by atoms with van der Waals surface area (Å²) in [6.07, 6.45) is 0. The van der Waals surface area contributed by atoms with E-state index in [1.165, 1.54) is 99.2 Å². The lowest BCUT2D eigenvalue weighted by Gasteiger charge is -2.33. The molecule has 2 aliphatic carbocycles. The molecule has 1 nitrogen and oxygen atoms in total. The molecule has 0 atom stereocenters. The highest BCUT2D eigenvalue weighted by atomic mass is 15.1. The molecule has 0 saturated heterocycles. The van der Waals surface area contributed by atoms with Crippen molar-refractivity contribution < 1.29 is 0 Å². The van der Waals surface area contributed by atoms with Crippen LogP contribution in [0.25, 0.3) is 54.6 Å². The third-order valence-corrected chi connectivity index (χ3v) is 12.1. The summed E-state index contributed by atoms with van der Waals surface area (Å²) in [5, 5.41) is 7.80. The van der Waals surface area contributed by atoms with Gasteiger partial charge in [-0.05, 0) is 139 Å². The summed E-state index contributed by atoms with van der Waals surface area (Å²) < 4.78 is 0. The highest BCUT2D eigenvalue weighted by Gasteiger charge is 2.53. The highest BCUT2D eigenvalue weighted by Crippen LogP contribution is 2.66. The van der Waals surface area contributed by atoms with E-state index in [0.717, 1.165) is 11.4 Å². The normalized spacial score (nSPS) is 13.3. The van der Waals surface area contributed by atoms with Gasteiger partial charge in [0, 0.05) is 17.1 Å². The number of nitrogens with zero attached hydrogens (tertiary/aromatic N) is 1. The lowest BCUT2D eigenvalue weighted by Crippen LogP contribution is -2.26. The van der Waals surface area contributed by atoms with Crippen molar-refractivity contribution in [1.29, 1.82) is 0 Å². The minimum absolute atomic E-state index is 0.480. The van der Waals surface area contributed by atoms with Crippen molar-refractivity contribution in [3.63, 3.8) is 0 Å². The molecule has 0 saturated carbocycles. The Kier molecular flexibility index (Phi) is 6.29. The van der Waals surface area contributed by atoms with Crippen molar-refractivity contribution in [2.24, 2.45) is 0 Å². The van der Waals surface area contributed by atoms with Gasteiger partial charge in [-0.3, -0.25) is 0 Å². The van der Waals surface area contributed by atoms with Crippen LogP contribution in [0.1, 0.15) is 38.9 Å². The predicted molar refractivity (Wildman–Crippen MR) is 224 cm³/mol. The smallest absolute Gasteiger partial charge is 0.0737 e. The van der Waals surface area contributed by atoms with Crippen LogP contribution in [0.3, 0.4) is 0 Å². The zero-order valence-corrected chi connectivity index (χ0v) is 30.1. The van der Waals surface area contributed by atoms with E-state index >= 15 is 0 Å². The van der Waals surface area contributed by atoms with Crippen molar-refractivity contribution in [1.82, 2.24) is 0 Å². The van der Waals surface area contributed by atoms with Crippen LogP contribution in [0.2, 0.25) is 0 Å². The van der Waals surface area contributed by atoms with Crippen molar-refractivity contribution in [3.8, 4) is 22.3 Å². The minimum atomic E-state index is -0.480. The maximum absolute atomic E-state index is 2.43. The Morgan fingerprint density at radius 3 is 1.70 bits per heavy atom. The summed E-state index contributed by atoms with van der Waals surface area (Å²) in [5.74, 6) is 0. The molecule has 250 valence electrons. The Labute approximate surface area is 310 Å². The number of anilines is 3. The second-order valence-corrected chi connectivity index (χ2v) is 15.0. The first-order valence-corrected chi connectivity index (χ1v) is 18.7. The molecule has 0 radical (unpaired) electrons. The van der Waals surface area contributed by atoms with Gasteiger partial charge < -0.3 is 4.90 Å². The van der Waals surface area contributed by atoms with E-state index in [1.807, 2.05) is 0 Å². The molecule has 0 aliphatic heterocycles. The van der Waals surface area contributed by atoms with Gasteiger partial charge in [0.15, 0.2) is 0 Å². The molecular weight excluding hydrogens is 639 g/mol. The molecule has 1 spiro atoms. The van der Waals surface area contributed by atoms with Crippen LogP contribution in [0.15, 0.2) is 170 Å². The van der Waals surface area contributed by atoms with Crippen LogP contribution < -0.4 is 4.90 Å². The summed E-state index contributed by atoms with van der Waals surface area (Å²) in [7, 11) is 0. The topological polar surface area (TPSA) is 3.24 Å². The van der Waals surface area contributed by atoms with Crippen LogP contribution in [0, 0.1) is 20.8 Å². The Balaban J connectivity index is 1.27. The van der Waals surface area contributed by atoms with Gasteiger partial charge in [-0.1, -0.05) is 145 Å². The lowest BCUT2D eigenvalue weighted by atomic mass is 9.68. The molecular formula is C52H37N. The molecule has 0 bridgehead atoms. The molecule has 0 unspecified atom stereocenters. The second-order valence-electron chi connectivity index (χ2n) is 15.0. The predicted octanol–water partition coefficient (Wildman–Crippen LogP) is 13.9. The molecule has 0 heterocycles. The summed E-state index contributed by atoms with van der Waals surface area (Å²) in [6, 6.07) is 64.1. The third-order valence-electron chi connectivity index (χ3n) is 12.1. The molecule has 0 N–H and O–H groups in total. The van der Waals surface area contributed by atoms with Gasteiger partial charge in [0.1, 0.15) is 0 Å². The van der Waals surface area contributed by atoms with Gasteiger partial charge in [-0.2, -0.15) is 0 Å². The molecule has 53 heavy (non-hydrogen) atoms. The van der Waals surface area contributed by atoms with E-state index in [2.05, 4.69) is 196 Å². The summed E-state index contributed by atoms with van der Waals surface area (Å²) >= 11 is 0. The zero-order chi connectivity index (χ0) is 35.4. The maximum atomic E-state index is 2.43. The van der Waals surface area contributed by atoms with Gasteiger partial charge in [0.05, 0.1) is 5.41 Å². The number of aryl methyl sites for hydroxylation is 3. The molecule has 0 aromatic heterocycles. The Morgan fingerprint density at radius 1 is 0.396 bits per heavy atom. The zero-order valence-electron chi connectivity index (χ0n) is 30.1. The Bertz CT molecular complexity index is 2940. The molecule has 9 aromatic rings. The summed E-state index contributed by atoms with van der Waals surface area (Å²) in [6.45, 7) is 6.55. The van der Waals surface area contributed by atoms with E-state index < -0.39 is 5.41 Å². The number of hydrogen-bond donors (Lipinski definition) is 0. The monoisotopic (exact) mass is 675 g/mol. The van der Waals surface area contributed by atoms with E-state index in [4.69, 9.17) is 0 Å². The number of hydrogen-bond acceptors (Lipinski definition) is 1. The number of fused-ring (bicyclic) bond motifs is 17. The first kappa shape index (κ1) is 30.2. The molecule has 1 heteroatoms. The lowest BCUT2D eigenvalue weighted by molar-refractivity contribution is 0.809. The van der Waals surface area contributed by atoms with Crippen LogP contribution >= 0.6 is 0 Å². The molecule has 2 aliphatic rings. The van der Waals surface area contributed by atoms with Crippen molar-refractivity contribution in [3.05, 3.63) is 209 Å². The fourth-order valence-electron chi connectivity index (χ4n) is 9.86. The minimum Gasteiger partial charge on any atom is -0.310 e.